The van der Waals surface area contributed by atoms with Gasteiger partial charge in [-0.25, -0.2) is 0 Å². The molecule has 0 saturated heterocycles. The summed E-state index contributed by atoms with van der Waals surface area (Å²) in [5.74, 6) is 1.12. The van der Waals surface area contributed by atoms with E-state index in [-0.39, 0.29) is 12.3 Å². The molecule has 1 atom stereocenters. The van der Waals surface area contributed by atoms with Crippen LogP contribution in [0.1, 0.15) is 23.1 Å². The van der Waals surface area contributed by atoms with E-state index in [0.29, 0.717) is 30.3 Å². The van der Waals surface area contributed by atoms with Crippen molar-refractivity contribution in [1.29, 1.82) is 0 Å². The largest absolute Gasteiger partial charge is 0.617 e. The first-order valence-electron chi connectivity index (χ1n) is 8.77. The minimum absolute atomic E-state index is 0.0325. The number of fused-ring (bicyclic) bond motifs is 1. The third-order valence-corrected chi connectivity index (χ3v) is 5.34. The van der Waals surface area contributed by atoms with Gasteiger partial charge >= 0.3 is 6.18 Å². The molecule has 0 aliphatic carbocycles. The van der Waals surface area contributed by atoms with Crippen LogP contribution in [0.25, 0.3) is 0 Å². The summed E-state index contributed by atoms with van der Waals surface area (Å²) in [7, 11) is 0. The van der Waals surface area contributed by atoms with E-state index in [9.17, 15) is 22.5 Å². The van der Waals surface area contributed by atoms with E-state index in [1.54, 1.807) is 17.2 Å². The van der Waals surface area contributed by atoms with Crippen LogP contribution < -0.4 is 4.74 Å². The van der Waals surface area contributed by atoms with Gasteiger partial charge in [-0.3, -0.25) is 4.79 Å². The van der Waals surface area contributed by atoms with E-state index in [1.165, 1.54) is 12.1 Å². The molecule has 3 rings (SSSR count). The highest BCUT2D eigenvalue weighted by atomic mass is 32.2. The summed E-state index contributed by atoms with van der Waals surface area (Å²) in [5, 5.41) is 0. The molecule has 0 saturated carbocycles. The fraction of sp³-hybridized carbons (Fsp3) is 0.350. The average molecular weight is 411 g/mol. The van der Waals surface area contributed by atoms with Gasteiger partial charge in [0.1, 0.15) is 17.3 Å². The number of nitrogens with zero attached hydrogens (tertiary/aromatic N) is 1. The van der Waals surface area contributed by atoms with Gasteiger partial charge in [-0.2, -0.15) is 13.2 Å². The molecule has 1 aliphatic heterocycles. The topological polar surface area (TPSA) is 52.6 Å². The SMILES string of the molecule is C[S+]([O-])CCC(=O)N1CCc2ccc(Oc3ccc(C(F)(F)F)cc3)cc2C1. The summed E-state index contributed by atoms with van der Waals surface area (Å²) in [6.45, 7) is 1.05. The molecule has 4 nitrogen and oxygen atoms in total. The summed E-state index contributed by atoms with van der Waals surface area (Å²) < 4.78 is 54.8. The lowest BCUT2D eigenvalue weighted by molar-refractivity contribution is -0.137. The summed E-state index contributed by atoms with van der Waals surface area (Å²) in [4.78, 5) is 14.0. The fourth-order valence-electron chi connectivity index (χ4n) is 3.05. The molecule has 0 radical (unpaired) electrons. The fourth-order valence-corrected chi connectivity index (χ4v) is 3.51. The van der Waals surface area contributed by atoms with E-state index in [4.69, 9.17) is 4.74 Å². The number of halogens is 3. The number of amides is 1. The Morgan fingerprint density at radius 1 is 1.14 bits per heavy atom. The van der Waals surface area contributed by atoms with Crippen LogP contribution >= 0.6 is 0 Å². The van der Waals surface area contributed by atoms with Gasteiger partial charge < -0.3 is 14.2 Å². The quantitative estimate of drug-likeness (QED) is 0.695. The molecular formula is C20H20F3NO3S. The van der Waals surface area contributed by atoms with E-state index >= 15 is 0 Å². The first kappa shape index (κ1) is 20.5. The minimum Gasteiger partial charge on any atom is -0.617 e. The van der Waals surface area contributed by atoms with E-state index < -0.39 is 22.9 Å². The Morgan fingerprint density at radius 2 is 1.82 bits per heavy atom. The predicted molar refractivity (Wildman–Crippen MR) is 101 cm³/mol. The van der Waals surface area contributed by atoms with Crippen LogP contribution in [-0.4, -0.2) is 33.9 Å². The molecule has 2 aromatic rings. The molecular weight excluding hydrogens is 391 g/mol. The van der Waals surface area contributed by atoms with Crippen LogP contribution in [0.5, 0.6) is 11.5 Å². The molecule has 8 heteroatoms. The number of hydrogen-bond acceptors (Lipinski definition) is 3. The molecule has 0 fully saturated rings. The number of ether oxygens (including phenoxy) is 1. The molecule has 0 N–H and O–H groups in total. The van der Waals surface area contributed by atoms with Crippen molar-refractivity contribution in [3.05, 3.63) is 59.2 Å². The lowest BCUT2D eigenvalue weighted by Crippen LogP contribution is -2.36. The second kappa shape index (κ2) is 8.45. The van der Waals surface area contributed by atoms with Crippen LogP contribution in [0, 0.1) is 0 Å². The highest BCUT2D eigenvalue weighted by molar-refractivity contribution is 7.90. The third kappa shape index (κ3) is 5.20. The van der Waals surface area contributed by atoms with Crippen LogP contribution in [-0.2, 0) is 35.1 Å². The first-order chi connectivity index (χ1) is 13.2. The lowest BCUT2D eigenvalue weighted by atomic mass is 9.99. The van der Waals surface area contributed by atoms with E-state index in [0.717, 1.165) is 29.7 Å². The normalized spacial score (nSPS) is 15.1. The second-order valence-corrected chi connectivity index (χ2v) is 8.20. The number of carbonyl (C=O) groups is 1. The van der Waals surface area contributed by atoms with Crippen molar-refractivity contribution in [3.8, 4) is 11.5 Å². The van der Waals surface area contributed by atoms with Crippen molar-refractivity contribution in [1.82, 2.24) is 4.90 Å². The number of carbonyl (C=O) groups excluding carboxylic acids is 1. The Labute approximate surface area is 164 Å². The van der Waals surface area contributed by atoms with Gasteiger partial charge in [-0.05, 0) is 53.9 Å². The molecule has 0 bridgehead atoms. The van der Waals surface area contributed by atoms with Crippen LogP contribution in [0.3, 0.4) is 0 Å². The molecule has 1 unspecified atom stereocenters. The highest BCUT2D eigenvalue weighted by Crippen LogP contribution is 2.32. The number of alkyl halides is 3. The molecule has 0 spiro atoms. The van der Waals surface area contributed by atoms with Crippen molar-refractivity contribution >= 4 is 17.1 Å². The molecule has 0 aromatic heterocycles. The summed E-state index contributed by atoms with van der Waals surface area (Å²) in [5.41, 5.74) is 1.33. The molecule has 150 valence electrons. The van der Waals surface area contributed by atoms with Gasteiger partial charge in [0, 0.05) is 13.1 Å². The lowest BCUT2D eigenvalue weighted by Gasteiger charge is -2.29. The summed E-state index contributed by atoms with van der Waals surface area (Å²) in [6, 6.07) is 10.0. The second-order valence-electron chi connectivity index (χ2n) is 6.65. The van der Waals surface area contributed by atoms with Crippen molar-refractivity contribution in [3.63, 3.8) is 0 Å². The number of benzene rings is 2. The maximum Gasteiger partial charge on any atom is 0.416 e. The standard InChI is InChI=1S/C20H20F3NO3S/c1-28(26)11-9-19(25)24-10-8-14-2-5-18(12-15(14)13-24)27-17-6-3-16(4-7-17)20(21,22)23/h2-7,12H,8-11,13H2,1H3. The molecule has 1 amide bonds. The van der Waals surface area contributed by atoms with Gasteiger partial charge in [-0.15, -0.1) is 0 Å². The Morgan fingerprint density at radius 3 is 2.46 bits per heavy atom. The molecule has 2 aromatic carbocycles. The highest BCUT2D eigenvalue weighted by Gasteiger charge is 2.30. The number of hydrogen-bond donors (Lipinski definition) is 0. The maximum absolute atomic E-state index is 12.6. The van der Waals surface area contributed by atoms with Crippen molar-refractivity contribution in [2.45, 2.75) is 25.6 Å². The Kier molecular flexibility index (Phi) is 6.20. The van der Waals surface area contributed by atoms with Crippen molar-refractivity contribution < 1.29 is 27.3 Å². The average Bonchev–Trinajstić information content (AvgIpc) is 2.65. The summed E-state index contributed by atoms with van der Waals surface area (Å²) >= 11 is -1.01. The maximum atomic E-state index is 12.6. The van der Waals surface area contributed by atoms with Crippen LogP contribution in [0.2, 0.25) is 0 Å². The van der Waals surface area contributed by atoms with E-state index in [1.807, 2.05) is 12.1 Å². The monoisotopic (exact) mass is 411 g/mol. The Hall–Kier alpha value is -2.19. The van der Waals surface area contributed by atoms with Gasteiger partial charge in [0.05, 0.1) is 18.2 Å². The van der Waals surface area contributed by atoms with Crippen LogP contribution in [0.15, 0.2) is 42.5 Å². The van der Waals surface area contributed by atoms with Crippen molar-refractivity contribution in [2.24, 2.45) is 0 Å². The zero-order valence-corrected chi connectivity index (χ0v) is 16.1. The molecule has 1 heterocycles. The van der Waals surface area contributed by atoms with Gasteiger partial charge in [-0.1, -0.05) is 17.2 Å². The predicted octanol–water partition coefficient (Wildman–Crippen LogP) is 4.15. The van der Waals surface area contributed by atoms with Crippen molar-refractivity contribution in [2.75, 3.05) is 18.6 Å². The zero-order valence-electron chi connectivity index (χ0n) is 15.3. The van der Waals surface area contributed by atoms with Gasteiger partial charge in [0.25, 0.3) is 0 Å². The molecule has 28 heavy (non-hydrogen) atoms. The Balaban J connectivity index is 1.68. The smallest absolute Gasteiger partial charge is 0.416 e. The van der Waals surface area contributed by atoms with Gasteiger partial charge in [0.2, 0.25) is 5.91 Å². The zero-order chi connectivity index (χ0) is 20.3. The molecule has 1 aliphatic rings. The van der Waals surface area contributed by atoms with E-state index in [2.05, 4.69) is 0 Å². The minimum atomic E-state index is -4.38. The summed E-state index contributed by atoms with van der Waals surface area (Å²) in [6.07, 6.45) is -1.84. The number of rotatable bonds is 5. The Bertz CT molecular complexity index is 838. The first-order valence-corrected chi connectivity index (χ1v) is 10.5. The third-order valence-electron chi connectivity index (χ3n) is 4.56. The van der Waals surface area contributed by atoms with Gasteiger partial charge in [0.15, 0.2) is 0 Å². The van der Waals surface area contributed by atoms with Crippen LogP contribution in [0.4, 0.5) is 13.2 Å².